The van der Waals surface area contributed by atoms with Gasteiger partial charge >= 0.3 is 6.18 Å². The number of hydrogen-bond acceptors (Lipinski definition) is 10. The maximum Gasteiger partial charge on any atom is 0.393 e. The Labute approximate surface area is 252 Å². The predicted molar refractivity (Wildman–Crippen MR) is 158 cm³/mol. The van der Waals surface area contributed by atoms with Gasteiger partial charge in [0.05, 0.1) is 40.9 Å². The van der Waals surface area contributed by atoms with E-state index in [1.807, 2.05) is 6.92 Å². The summed E-state index contributed by atoms with van der Waals surface area (Å²) in [6.45, 7) is 1.82. The van der Waals surface area contributed by atoms with Crippen LogP contribution in [0.4, 0.5) is 30.5 Å². The van der Waals surface area contributed by atoms with Crippen LogP contribution in [-0.4, -0.2) is 65.7 Å². The number of nitrogens with one attached hydrogen (secondary N) is 2. The third-order valence-electron chi connectivity index (χ3n) is 7.77. The minimum Gasteiger partial charge on any atom is -0.390 e. The van der Waals surface area contributed by atoms with Crippen molar-refractivity contribution in [2.45, 2.75) is 74.9 Å². The zero-order chi connectivity index (χ0) is 31.1. The fourth-order valence-corrected chi connectivity index (χ4v) is 6.62. The Bertz CT molecular complexity index is 1750. The lowest BCUT2D eigenvalue weighted by Gasteiger charge is -2.34. The molecule has 2 aliphatic rings. The van der Waals surface area contributed by atoms with Gasteiger partial charge in [0, 0.05) is 41.9 Å². The zero-order valence-corrected chi connectivity index (χ0v) is 24.6. The monoisotopic (exact) mass is 628 g/mol. The first-order valence-electron chi connectivity index (χ1n) is 14.3. The van der Waals surface area contributed by atoms with E-state index in [0.29, 0.717) is 59.8 Å². The van der Waals surface area contributed by atoms with Crippen molar-refractivity contribution in [3.05, 3.63) is 60.8 Å². The second-order valence-corrected chi connectivity index (χ2v) is 13.7. The van der Waals surface area contributed by atoms with Crippen LogP contribution >= 0.6 is 0 Å². The van der Waals surface area contributed by atoms with Crippen molar-refractivity contribution in [1.82, 2.24) is 29.1 Å². The first kappa shape index (κ1) is 29.9. The standard InChI is InChI=1S/C29H31F3N8O3S/c1-28(41)9-6-20(7-10-28)37-24-12-26(35-16-22(24)23-5-2-18(14-34-23)13-29(30,31)32)38-25-8-11-33-27(39-25)19-15-36-40(17-19)44(42,43)21-3-4-21/h2,5,8,11-12,14-17,20-21,41H,3-4,6-7,9-10,13H2,1H3,(H2,33,35,37,38,39). The molecule has 4 heterocycles. The summed E-state index contributed by atoms with van der Waals surface area (Å²) in [5.74, 6) is 1.12. The lowest BCUT2D eigenvalue weighted by molar-refractivity contribution is -0.127. The van der Waals surface area contributed by atoms with Crippen LogP contribution in [0.15, 0.2) is 55.2 Å². The first-order chi connectivity index (χ1) is 20.8. The van der Waals surface area contributed by atoms with Crippen molar-refractivity contribution in [3.8, 4) is 22.6 Å². The average Bonchev–Trinajstić information content (AvgIpc) is 3.71. The average molecular weight is 629 g/mol. The fourth-order valence-electron chi connectivity index (χ4n) is 5.15. The summed E-state index contributed by atoms with van der Waals surface area (Å²) in [6.07, 6.45) is 5.71. The van der Waals surface area contributed by atoms with E-state index in [0.717, 1.165) is 16.9 Å². The summed E-state index contributed by atoms with van der Waals surface area (Å²) in [5.41, 5.74) is 1.53. The summed E-state index contributed by atoms with van der Waals surface area (Å²) in [4.78, 5) is 17.6. The number of alkyl halides is 3. The van der Waals surface area contributed by atoms with Crippen molar-refractivity contribution in [3.63, 3.8) is 0 Å². The zero-order valence-electron chi connectivity index (χ0n) is 23.8. The highest BCUT2D eigenvalue weighted by molar-refractivity contribution is 7.90. The Hall–Kier alpha value is -4.11. The summed E-state index contributed by atoms with van der Waals surface area (Å²) in [7, 11) is -3.52. The van der Waals surface area contributed by atoms with Gasteiger partial charge in [0.2, 0.25) is 0 Å². The van der Waals surface area contributed by atoms with Gasteiger partial charge in [-0.25, -0.2) is 23.4 Å². The van der Waals surface area contributed by atoms with Crippen molar-refractivity contribution >= 4 is 27.3 Å². The SMILES string of the molecule is CC1(O)CCC(Nc2cc(Nc3ccnc(-c4cnn(S(=O)(=O)C5CC5)c4)n3)ncc2-c2ccc(CC(F)(F)F)cn2)CC1. The second kappa shape index (κ2) is 11.4. The lowest BCUT2D eigenvalue weighted by Crippen LogP contribution is -2.35. The molecule has 0 aliphatic heterocycles. The van der Waals surface area contributed by atoms with Crippen LogP contribution in [-0.2, 0) is 16.4 Å². The van der Waals surface area contributed by atoms with Crippen LogP contribution in [0.1, 0.15) is 51.0 Å². The highest BCUT2D eigenvalue weighted by Gasteiger charge is 2.38. The first-order valence-corrected chi connectivity index (χ1v) is 15.8. The van der Waals surface area contributed by atoms with E-state index in [4.69, 9.17) is 0 Å². The van der Waals surface area contributed by atoms with Crippen LogP contribution < -0.4 is 10.6 Å². The van der Waals surface area contributed by atoms with Crippen LogP contribution in [0.3, 0.4) is 0 Å². The molecule has 0 bridgehead atoms. The quantitative estimate of drug-likeness (QED) is 0.229. The number of aliphatic hydroxyl groups is 1. The molecule has 3 N–H and O–H groups in total. The Balaban J connectivity index is 1.25. The van der Waals surface area contributed by atoms with Gasteiger partial charge in [0.25, 0.3) is 10.0 Å². The van der Waals surface area contributed by atoms with Crippen molar-refractivity contribution in [2.24, 2.45) is 0 Å². The highest BCUT2D eigenvalue weighted by Crippen LogP contribution is 2.35. The number of nitrogens with zero attached hydrogens (tertiary/aromatic N) is 6. The molecule has 2 saturated carbocycles. The molecule has 6 rings (SSSR count). The van der Waals surface area contributed by atoms with Gasteiger partial charge < -0.3 is 15.7 Å². The lowest BCUT2D eigenvalue weighted by atomic mass is 9.83. The van der Waals surface area contributed by atoms with Crippen LogP contribution in [0.5, 0.6) is 0 Å². The Kier molecular flexibility index (Phi) is 7.78. The maximum absolute atomic E-state index is 12.9. The molecule has 4 aromatic heterocycles. The normalized spacial score (nSPS) is 20.8. The van der Waals surface area contributed by atoms with Crippen molar-refractivity contribution < 1.29 is 26.7 Å². The molecule has 2 aliphatic carbocycles. The molecule has 0 aromatic carbocycles. The fraction of sp³-hybridized carbons (Fsp3) is 0.414. The number of halogens is 3. The van der Waals surface area contributed by atoms with E-state index in [1.165, 1.54) is 30.9 Å². The maximum atomic E-state index is 12.9. The van der Waals surface area contributed by atoms with Gasteiger partial charge in [-0.1, -0.05) is 6.07 Å². The molecule has 0 amide bonds. The van der Waals surface area contributed by atoms with Crippen LogP contribution in [0.2, 0.25) is 0 Å². The number of hydrogen-bond donors (Lipinski definition) is 3. The third kappa shape index (κ3) is 6.99. The van der Waals surface area contributed by atoms with E-state index in [1.54, 1.807) is 24.4 Å². The minimum absolute atomic E-state index is 0.0582. The smallest absolute Gasteiger partial charge is 0.390 e. The molecule has 0 spiro atoms. The van der Waals surface area contributed by atoms with E-state index < -0.39 is 33.5 Å². The minimum atomic E-state index is -4.33. The largest absolute Gasteiger partial charge is 0.393 e. The summed E-state index contributed by atoms with van der Waals surface area (Å²) in [5, 5.41) is 20.7. The van der Waals surface area contributed by atoms with Gasteiger partial charge in [-0.05, 0) is 63.1 Å². The van der Waals surface area contributed by atoms with E-state index in [9.17, 15) is 26.7 Å². The van der Waals surface area contributed by atoms with Crippen molar-refractivity contribution in [2.75, 3.05) is 10.6 Å². The Morgan fingerprint density at radius 2 is 1.80 bits per heavy atom. The highest BCUT2D eigenvalue weighted by atomic mass is 32.2. The Morgan fingerprint density at radius 3 is 2.48 bits per heavy atom. The molecule has 0 unspecified atom stereocenters. The molecule has 11 nitrogen and oxygen atoms in total. The molecule has 44 heavy (non-hydrogen) atoms. The molecule has 0 atom stereocenters. The number of rotatable bonds is 9. The topological polar surface area (TPSA) is 148 Å². The number of aromatic nitrogens is 6. The van der Waals surface area contributed by atoms with Crippen LogP contribution in [0.25, 0.3) is 22.6 Å². The van der Waals surface area contributed by atoms with E-state index >= 15 is 0 Å². The molecular weight excluding hydrogens is 597 g/mol. The van der Waals surface area contributed by atoms with Crippen molar-refractivity contribution in [1.29, 1.82) is 0 Å². The van der Waals surface area contributed by atoms with Gasteiger partial charge in [-0.2, -0.15) is 22.4 Å². The number of pyridine rings is 2. The van der Waals surface area contributed by atoms with E-state index in [-0.39, 0.29) is 17.4 Å². The molecule has 0 saturated heterocycles. The molecule has 15 heteroatoms. The van der Waals surface area contributed by atoms with Crippen LogP contribution in [0, 0.1) is 0 Å². The molecule has 4 aromatic rings. The molecule has 232 valence electrons. The molecule has 0 radical (unpaired) electrons. The summed E-state index contributed by atoms with van der Waals surface area (Å²) >= 11 is 0. The molecule has 2 fully saturated rings. The summed E-state index contributed by atoms with van der Waals surface area (Å²) in [6, 6.07) is 6.42. The summed E-state index contributed by atoms with van der Waals surface area (Å²) < 4.78 is 64.6. The second-order valence-electron chi connectivity index (χ2n) is 11.6. The van der Waals surface area contributed by atoms with E-state index in [2.05, 4.69) is 35.7 Å². The van der Waals surface area contributed by atoms with Gasteiger partial charge in [0.1, 0.15) is 11.6 Å². The Morgan fingerprint density at radius 1 is 1.02 bits per heavy atom. The van der Waals surface area contributed by atoms with Gasteiger partial charge in [-0.3, -0.25) is 4.98 Å². The molecular formula is C29H31F3N8O3S. The van der Waals surface area contributed by atoms with Gasteiger partial charge in [0.15, 0.2) is 5.82 Å². The number of anilines is 3. The predicted octanol–water partition coefficient (Wildman–Crippen LogP) is 5.09. The van der Waals surface area contributed by atoms with Gasteiger partial charge in [-0.15, -0.1) is 0 Å². The third-order valence-corrected chi connectivity index (χ3v) is 9.80.